The van der Waals surface area contributed by atoms with Crippen LogP contribution in [-0.2, 0) is 0 Å². The minimum absolute atomic E-state index is 0.563. The van der Waals surface area contributed by atoms with Crippen LogP contribution in [0.25, 0.3) is 0 Å². The number of rotatable bonds is 2. The molecule has 100 valence electrons. The summed E-state index contributed by atoms with van der Waals surface area (Å²) in [5, 5.41) is 13.5. The molecule has 1 aromatic carbocycles. The van der Waals surface area contributed by atoms with Gasteiger partial charge in [0.2, 0.25) is 0 Å². The highest BCUT2D eigenvalue weighted by Crippen LogP contribution is 2.22. The Morgan fingerprint density at radius 1 is 1.28 bits per heavy atom. The highest BCUT2D eigenvalue weighted by Gasteiger charge is 2.26. The lowest BCUT2D eigenvalue weighted by Gasteiger charge is -2.29. The third-order valence-corrected chi connectivity index (χ3v) is 3.52. The fourth-order valence-electron chi connectivity index (χ4n) is 2.41. The number of β-amino-alcohol motifs (C(OH)–C–C–N with tert-alkyl or cyclic N) is 1. The zero-order valence-corrected chi connectivity index (χ0v) is 11.6. The topological polar surface area (TPSA) is 35.5 Å². The van der Waals surface area contributed by atoms with Gasteiger partial charge in [0.15, 0.2) is 0 Å². The molecule has 0 saturated carbocycles. The molecule has 1 aromatic rings. The van der Waals surface area contributed by atoms with Gasteiger partial charge in [0.25, 0.3) is 0 Å². The van der Waals surface area contributed by atoms with Crippen LogP contribution in [-0.4, -0.2) is 36.9 Å². The lowest BCUT2D eigenvalue weighted by atomic mass is 10.0. The normalized spacial score (nSPS) is 25.3. The van der Waals surface area contributed by atoms with Gasteiger partial charge in [-0.1, -0.05) is 26.0 Å². The first kappa shape index (κ1) is 13.4. The molecule has 2 rings (SSSR count). The Balaban J connectivity index is 2.14. The minimum atomic E-state index is -0.660. The maximum atomic E-state index is 10.2. The average Bonchev–Trinajstić information content (AvgIpc) is 2.50. The van der Waals surface area contributed by atoms with Crippen molar-refractivity contribution in [2.75, 3.05) is 31.1 Å². The van der Waals surface area contributed by atoms with E-state index in [2.05, 4.69) is 48.3 Å². The second-order valence-electron chi connectivity index (χ2n) is 5.84. The molecule has 1 unspecified atom stereocenters. The molecule has 2 N–H and O–H groups in total. The van der Waals surface area contributed by atoms with E-state index in [1.54, 1.807) is 0 Å². The minimum Gasteiger partial charge on any atom is -0.387 e. The van der Waals surface area contributed by atoms with Crippen LogP contribution in [0.1, 0.15) is 32.3 Å². The van der Waals surface area contributed by atoms with Crippen molar-refractivity contribution < 1.29 is 5.11 Å². The molecule has 1 aliphatic heterocycles. The number of anilines is 1. The van der Waals surface area contributed by atoms with Gasteiger partial charge in [-0.05, 0) is 30.5 Å². The van der Waals surface area contributed by atoms with Crippen molar-refractivity contribution in [2.45, 2.75) is 32.3 Å². The molecule has 3 heteroatoms. The number of hydrogen-bond donors (Lipinski definition) is 2. The molecule has 1 atom stereocenters. The maximum absolute atomic E-state index is 10.2. The molecule has 0 radical (unpaired) electrons. The van der Waals surface area contributed by atoms with Crippen molar-refractivity contribution in [3.8, 4) is 0 Å². The molecule has 1 saturated heterocycles. The van der Waals surface area contributed by atoms with Crippen LogP contribution in [0, 0.1) is 0 Å². The van der Waals surface area contributed by atoms with E-state index in [-0.39, 0.29) is 0 Å². The van der Waals surface area contributed by atoms with E-state index >= 15 is 0 Å². The van der Waals surface area contributed by atoms with Crippen LogP contribution in [0.2, 0.25) is 0 Å². The average molecular weight is 248 g/mol. The number of aliphatic hydroxyl groups is 1. The van der Waals surface area contributed by atoms with Gasteiger partial charge >= 0.3 is 0 Å². The lowest BCUT2D eigenvalue weighted by molar-refractivity contribution is 0.0729. The predicted molar refractivity (Wildman–Crippen MR) is 76.2 cm³/mol. The molecule has 1 heterocycles. The molecule has 1 fully saturated rings. The van der Waals surface area contributed by atoms with Crippen molar-refractivity contribution in [2.24, 2.45) is 0 Å². The van der Waals surface area contributed by atoms with E-state index < -0.39 is 5.60 Å². The molecule has 0 amide bonds. The summed E-state index contributed by atoms with van der Waals surface area (Å²) in [7, 11) is 0. The third-order valence-electron chi connectivity index (χ3n) is 3.52. The van der Waals surface area contributed by atoms with E-state index in [4.69, 9.17) is 0 Å². The monoisotopic (exact) mass is 248 g/mol. The van der Waals surface area contributed by atoms with Crippen molar-refractivity contribution in [1.82, 2.24) is 5.32 Å². The van der Waals surface area contributed by atoms with Gasteiger partial charge in [-0.3, -0.25) is 0 Å². The fourth-order valence-corrected chi connectivity index (χ4v) is 2.41. The van der Waals surface area contributed by atoms with Gasteiger partial charge in [-0.15, -0.1) is 0 Å². The molecule has 18 heavy (non-hydrogen) atoms. The van der Waals surface area contributed by atoms with Crippen LogP contribution in [0.3, 0.4) is 0 Å². The number of nitrogens with zero attached hydrogens (tertiary/aromatic N) is 1. The van der Waals surface area contributed by atoms with Crippen LogP contribution in [0.4, 0.5) is 5.69 Å². The third kappa shape index (κ3) is 3.24. The van der Waals surface area contributed by atoms with Gasteiger partial charge in [-0.25, -0.2) is 0 Å². The lowest BCUT2D eigenvalue weighted by Crippen LogP contribution is -2.43. The zero-order valence-electron chi connectivity index (χ0n) is 11.6. The summed E-state index contributed by atoms with van der Waals surface area (Å²) in [6.45, 7) is 9.50. The first-order chi connectivity index (χ1) is 8.48. The Hall–Kier alpha value is -1.06. The molecule has 0 bridgehead atoms. The van der Waals surface area contributed by atoms with Gasteiger partial charge in [0, 0.05) is 31.9 Å². The highest BCUT2D eigenvalue weighted by atomic mass is 16.3. The van der Waals surface area contributed by atoms with E-state index in [0.717, 1.165) is 13.1 Å². The fraction of sp³-hybridized carbons (Fsp3) is 0.600. The summed E-state index contributed by atoms with van der Waals surface area (Å²) in [5.74, 6) is 0.563. The molecule has 0 spiro atoms. The van der Waals surface area contributed by atoms with Crippen LogP contribution < -0.4 is 10.2 Å². The molecule has 0 aliphatic carbocycles. The number of nitrogens with one attached hydrogen (secondary N) is 1. The summed E-state index contributed by atoms with van der Waals surface area (Å²) in [6, 6.07) is 8.70. The van der Waals surface area contributed by atoms with Crippen molar-refractivity contribution in [3.63, 3.8) is 0 Å². The smallest absolute Gasteiger partial charge is 0.0917 e. The van der Waals surface area contributed by atoms with Crippen molar-refractivity contribution >= 4 is 5.69 Å². The Morgan fingerprint density at radius 2 is 1.94 bits per heavy atom. The van der Waals surface area contributed by atoms with E-state index in [1.807, 2.05) is 6.92 Å². The van der Waals surface area contributed by atoms with E-state index in [9.17, 15) is 5.11 Å². The standard InChI is InChI=1S/C15H24N2O/c1-12(2)13-4-6-14(7-5-13)17-9-8-16-10-15(3,18)11-17/h4-7,12,16,18H,8-11H2,1-3H3. The molecule has 1 aliphatic rings. The Kier molecular flexibility index (Phi) is 3.93. The second-order valence-corrected chi connectivity index (χ2v) is 5.84. The van der Waals surface area contributed by atoms with Gasteiger partial charge in [-0.2, -0.15) is 0 Å². The molecule has 3 nitrogen and oxygen atoms in total. The Morgan fingerprint density at radius 3 is 2.56 bits per heavy atom. The van der Waals surface area contributed by atoms with Crippen LogP contribution >= 0.6 is 0 Å². The molecular weight excluding hydrogens is 224 g/mol. The second kappa shape index (κ2) is 5.29. The summed E-state index contributed by atoms with van der Waals surface area (Å²) in [5.41, 5.74) is 1.90. The van der Waals surface area contributed by atoms with Crippen LogP contribution in [0.5, 0.6) is 0 Å². The molecular formula is C15H24N2O. The van der Waals surface area contributed by atoms with Crippen LogP contribution in [0.15, 0.2) is 24.3 Å². The van der Waals surface area contributed by atoms with Gasteiger partial charge < -0.3 is 15.3 Å². The maximum Gasteiger partial charge on any atom is 0.0917 e. The largest absolute Gasteiger partial charge is 0.387 e. The Labute approximate surface area is 110 Å². The highest BCUT2D eigenvalue weighted by molar-refractivity contribution is 5.48. The van der Waals surface area contributed by atoms with Gasteiger partial charge in [0.05, 0.1) is 5.60 Å². The number of benzene rings is 1. The van der Waals surface area contributed by atoms with Crippen molar-refractivity contribution in [3.05, 3.63) is 29.8 Å². The Bertz CT molecular complexity index is 384. The van der Waals surface area contributed by atoms with Crippen molar-refractivity contribution in [1.29, 1.82) is 0 Å². The predicted octanol–water partition coefficient (Wildman–Crippen LogP) is 1.97. The van der Waals surface area contributed by atoms with E-state index in [1.165, 1.54) is 11.3 Å². The summed E-state index contributed by atoms with van der Waals surface area (Å²) in [4.78, 5) is 2.25. The SMILES string of the molecule is CC(C)c1ccc(N2CCNCC(C)(O)C2)cc1. The first-order valence-electron chi connectivity index (χ1n) is 6.76. The molecule has 0 aromatic heterocycles. The quantitative estimate of drug-likeness (QED) is 0.840. The first-order valence-corrected chi connectivity index (χ1v) is 6.76. The van der Waals surface area contributed by atoms with Gasteiger partial charge in [0.1, 0.15) is 0 Å². The van der Waals surface area contributed by atoms with E-state index in [0.29, 0.717) is 19.0 Å². The zero-order chi connectivity index (χ0) is 13.2. The summed E-state index contributed by atoms with van der Waals surface area (Å²) >= 11 is 0. The number of hydrogen-bond acceptors (Lipinski definition) is 3. The summed E-state index contributed by atoms with van der Waals surface area (Å²) < 4.78 is 0. The summed E-state index contributed by atoms with van der Waals surface area (Å²) in [6.07, 6.45) is 0.